The Bertz CT molecular complexity index is 947. The summed E-state index contributed by atoms with van der Waals surface area (Å²) in [5.74, 6) is 0. The van der Waals surface area contributed by atoms with Crippen LogP contribution in [0.5, 0.6) is 0 Å². The molecule has 0 amide bonds. The van der Waals surface area contributed by atoms with Crippen molar-refractivity contribution in [1.82, 2.24) is 18.8 Å². The van der Waals surface area contributed by atoms with Crippen LogP contribution in [0.4, 0.5) is 0 Å². The molecule has 1 radical (unpaired) electrons. The number of hydrogen-bond acceptors (Lipinski definition) is 2. The Morgan fingerprint density at radius 1 is 1.09 bits per heavy atom. The molecule has 0 spiro atoms. The summed E-state index contributed by atoms with van der Waals surface area (Å²) >= 11 is 7.96. The average molecular weight is 511 g/mol. The molecule has 0 saturated carbocycles. The van der Waals surface area contributed by atoms with Crippen molar-refractivity contribution >= 4 is 45.5 Å². The molecule has 0 fully saturated rings. The Labute approximate surface area is 177 Å². The van der Waals surface area contributed by atoms with Crippen LogP contribution >= 0.6 is 34.2 Å². The van der Waals surface area contributed by atoms with Gasteiger partial charge in [-0.3, -0.25) is 0 Å². The van der Waals surface area contributed by atoms with E-state index in [4.69, 9.17) is 11.6 Å². The van der Waals surface area contributed by atoms with Gasteiger partial charge in [0.15, 0.2) is 0 Å². The van der Waals surface area contributed by atoms with Gasteiger partial charge in [0, 0.05) is 56.3 Å². The summed E-state index contributed by atoms with van der Waals surface area (Å²) in [5.41, 5.74) is 2.80. The average Bonchev–Trinajstić information content (AvgIpc) is 3.14. The summed E-state index contributed by atoms with van der Waals surface area (Å²) in [4.78, 5) is 8.27. The van der Waals surface area contributed by atoms with E-state index in [-0.39, 0.29) is 32.7 Å². The first-order valence-corrected chi connectivity index (χ1v) is 7.87. The zero-order valence-electron chi connectivity index (χ0n) is 12.0. The van der Waals surface area contributed by atoms with E-state index in [9.17, 15) is 0 Å². The Morgan fingerprint density at radius 2 is 1.91 bits per heavy atom. The fraction of sp³-hybridized carbons (Fsp3) is 0. The minimum absolute atomic E-state index is 0. The Hall–Kier alpha value is -0.756. The van der Waals surface area contributed by atoms with E-state index in [1.54, 1.807) is 6.20 Å². The number of aromatic nitrogens is 4. The van der Waals surface area contributed by atoms with Crippen molar-refractivity contribution in [2.24, 2.45) is 0 Å². The third kappa shape index (κ3) is 4.41. The number of pyridine rings is 2. The maximum absolute atomic E-state index is 5.72. The SMILES string of the molecule is C=[C-]c1ccn2c(I)cnc2c1.Clc1ccn2ccnc2c1.[Y]. The smallest absolute Gasteiger partial charge is 0.138 e. The van der Waals surface area contributed by atoms with Gasteiger partial charge >= 0.3 is 0 Å². The maximum atomic E-state index is 5.72. The molecule has 0 aromatic carbocycles. The van der Waals surface area contributed by atoms with E-state index in [0.717, 1.165) is 25.6 Å². The van der Waals surface area contributed by atoms with E-state index in [1.165, 1.54) is 0 Å². The van der Waals surface area contributed by atoms with Crippen LogP contribution in [-0.4, -0.2) is 18.8 Å². The summed E-state index contributed by atoms with van der Waals surface area (Å²) in [6, 6.07) is 7.57. The summed E-state index contributed by atoms with van der Waals surface area (Å²) in [6.07, 6.45) is 12.1. The zero-order valence-corrected chi connectivity index (χ0v) is 17.8. The molecule has 7 heteroatoms. The van der Waals surface area contributed by atoms with Crippen molar-refractivity contribution in [3.63, 3.8) is 0 Å². The van der Waals surface area contributed by atoms with Gasteiger partial charge in [-0.05, 0) is 40.9 Å². The molecular formula is C16H11ClIN4Y-. The maximum Gasteiger partial charge on any atom is 0.138 e. The molecule has 23 heavy (non-hydrogen) atoms. The number of nitrogens with zero attached hydrogens (tertiary/aromatic N) is 4. The molecule has 0 unspecified atom stereocenters. The van der Waals surface area contributed by atoms with Crippen LogP contribution in [0.1, 0.15) is 5.56 Å². The molecule has 4 heterocycles. The van der Waals surface area contributed by atoms with Crippen LogP contribution < -0.4 is 0 Å². The van der Waals surface area contributed by atoms with Gasteiger partial charge in [0.05, 0.1) is 11.8 Å². The molecule has 4 aromatic heterocycles. The molecule has 0 aliphatic carbocycles. The van der Waals surface area contributed by atoms with E-state index >= 15 is 0 Å². The molecule has 113 valence electrons. The third-order valence-electron chi connectivity index (χ3n) is 3.03. The molecular weight excluding hydrogens is 499 g/mol. The summed E-state index contributed by atoms with van der Waals surface area (Å²) < 4.78 is 5.03. The van der Waals surface area contributed by atoms with Crippen molar-refractivity contribution in [1.29, 1.82) is 0 Å². The fourth-order valence-corrected chi connectivity index (χ4v) is 2.65. The summed E-state index contributed by atoms with van der Waals surface area (Å²) in [5, 5.41) is 0.721. The summed E-state index contributed by atoms with van der Waals surface area (Å²) in [7, 11) is 0. The molecule has 4 aromatic rings. The number of halogens is 2. The number of rotatable bonds is 1. The molecule has 0 aliphatic rings. The number of hydrogen-bond donors (Lipinski definition) is 0. The monoisotopic (exact) mass is 510 g/mol. The van der Waals surface area contributed by atoms with Crippen molar-refractivity contribution < 1.29 is 32.7 Å². The van der Waals surface area contributed by atoms with Crippen LogP contribution in [0.25, 0.3) is 11.3 Å². The third-order valence-corrected chi connectivity index (χ3v) is 4.07. The zero-order chi connectivity index (χ0) is 15.5. The Balaban J connectivity index is 0.000000162. The predicted octanol–water partition coefficient (Wildman–Crippen LogP) is 4.26. The van der Waals surface area contributed by atoms with Crippen molar-refractivity contribution in [3.8, 4) is 0 Å². The normalized spacial score (nSPS) is 10.0. The van der Waals surface area contributed by atoms with Crippen LogP contribution in [0.2, 0.25) is 5.02 Å². The number of fused-ring (bicyclic) bond motifs is 2. The van der Waals surface area contributed by atoms with Crippen LogP contribution in [0.3, 0.4) is 0 Å². The quantitative estimate of drug-likeness (QED) is 0.283. The van der Waals surface area contributed by atoms with Gasteiger partial charge in [-0.15, -0.1) is 12.1 Å². The van der Waals surface area contributed by atoms with Gasteiger partial charge in [0.2, 0.25) is 0 Å². The van der Waals surface area contributed by atoms with Crippen LogP contribution in [0, 0.1) is 9.78 Å². The van der Waals surface area contributed by atoms with E-state index in [1.807, 2.05) is 57.9 Å². The molecule has 0 aliphatic heterocycles. The van der Waals surface area contributed by atoms with Gasteiger partial charge in [0.1, 0.15) is 9.35 Å². The minimum Gasteiger partial charge on any atom is -0.318 e. The molecule has 0 atom stereocenters. The molecule has 0 N–H and O–H groups in total. The van der Waals surface area contributed by atoms with E-state index < -0.39 is 0 Å². The van der Waals surface area contributed by atoms with Crippen molar-refractivity contribution in [2.75, 3.05) is 0 Å². The Morgan fingerprint density at radius 3 is 2.70 bits per heavy atom. The molecule has 4 rings (SSSR count). The van der Waals surface area contributed by atoms with E-state index in [0.29, 0.717) is 0 Å². The van der Waals surface area contributed by atoms with Crippen molar-refractivity contribution in [2.45, 2.75) is 0 Å². The van der Waals surface area contributed by atoms with Gasteiger partial charge < -0.3 is 8.80 Å². The first kappa shape index (κ1) is 18.6. The van der Waals surface area contributed by atoms with Gasteiger partial charge in [0.25, 0.3) is 0 Å². The minimum atomic E-state index is 0. The first-order chi connectivity index (χ1) is 10.7. The fourth-order valence-electron chi connectivity index (χ4n) is 1.94. The van der Waals surface area contributed by atoms with Gasteiger partial charge in [-0.2, -0.15) is 18.2 Å². The second-order valence-electron chi connectivity index (χ2n) is 4.44. The molecule has 4 nitrogen and oxygen atoms in total. The van der Waals surface area contributed by atoms with E-state index in [2.05, 4.69) is 45.2 Å². The standard InChI is InChI=1S/C9H6IN2.C7H5ClN2.Y/c1-2-7-3-4-12-8(10)6-11-9(12)5-7;8-6-1-3-10-4-2-9-7(10)5-6;/h3-6H,1H2;1-5H;/q-1;;. The topological polar surface area (TPSA) is 34.6 Å². The Kier molecular flexibility index (Phi) is 6.76. The van der Waals surface area contributed by atoms with Crippen molar-refractivity contribution in [3.05, 3.63) is 82.2 Å². The molecule has 0 saturated heterocycles. The van der Waals surface area contributed by atoms with Gasteiger partial charge in [-0.1, -0.05) is 11.6 Å². The van der Waals surface area contributed by atoms with Gasteiger partial charge in [-0.25, -0.2) is 9.97 Å². The predicted molar refractivity (Wildman–Crippen MR) is 96.1 cm³/mol. The van der Waals surface area contributed by atoms with Crippen LogP contribution in [0.15, 0.2) is 61.8 Å². The molecule has 0 bridgehead atoms. The summed E-state index contributed by atoms with van der Waals surface area (Å²) in [6.45, 7) is 3.58. The second-order valence-corrected chi connectivity index (χ2v) is 5.98. The second kappa shape index (κ2) is 8.37. The largest absolute Gasteiger partial charge is 0.318 e. The number of imidazole rings is 2. The van der Waals surface area contributed by atoms with Crippen LogP contribution in [-0.2, 0) is 32.7 Å². The first-order valence-electron chi connectivity index (χ1n) is 6.41.